The molecule has 0 saturated carbocycles. The minimum absolute atomic E-state index is 0. The number of guanidine groups is 1. The molecule has 0 bridgehead atoms. The zero-order chi connectivity index (χ0) is 18.9. The van der Waals surface area contributed by atoms with Gasteiger partial charge in [0.05, 0.1) is 12.2 Å². The first-order valence-corrected chi connectivity index (χ1v) is 9.91. The number of aliphatic imine (C=N–C) groups is 1. The Balaban J connectivity index is 0.00000280. The number of halogens is 1. The van der Waals surface area contributed by atoms with Gasteiger partial charge in [0.15, 0.2) is 5.96 Å². The predicted octanol–water partition coefficient (Wildman–Crippen LogP) is 3.75. The molecule has 0 spiro atoms. The fourth-order valence-corrected chi connectivity index (χ4v) is 3.29. The molecule has 0 atom stereocenters. The first kappa shape index (κ1) is 22.7. The van der Waals surface area contributed by atoms with Crippen LogP contribution in [0.2, 0.25) is 0 Å². The van der Waals surface area contributed by atoms with Gasteiger partial charge >= 0.3 is 0 Å². The number of oxazole rings is 1. The monoisotopic (exact) mass is 497 g/mol. The van der Waals surface area contributed by atoms with E-state index >= 15 is 0 Å². The van der Waals surface area contributed by atoms with Crippen LogP contribution in [0.1, 0.15) is 31.9 Å². The standard InChI is InChI=1S/C21H31N5O.HI/c1-17-9-13-26(14-10-17)12-6-11-23-21(22-2)24-15-19-16-27-20(25-19)18-7-4-3-5-8-18;/h3-5,7-8,16-17H,6,9-15H2,1-2H3,(H2,22,23,24);1H. The molecule has 154 valence electrons. The maximum Gasteiger partial charge on any atom is 0.226 e. The quantitative estimate of drug-likeness (QED) is 0.264. The van der Waals surface area contributed by atoms with E-state index in [-0.39, 0.29) is 24.0 Å². The van der Waals surface area contributed by atoms with Crippen LogP contribution >= 0.6 is 24.0 Å². The average Bonchev–Trinajstić information content (AvgIpc) is 3.18. The molecule has 1 aliphatic heterocycles. The van der Waals surface area contributed by atoms with Crippen molar-refractivity contribution in [2.24, 2.45) is 10.9 Å². The number of likely N-dealkylation sites (tertiary alicyclic amines) is 1. The predicted molar refractivity (Wildman–Crippen MR) is 125 cm³/mol. The maximum atomic E-state index is 5.57. The van der Waals surface area contributed by atoms with Gasteiger partial charge in [0.25, 0.3) is 0 Å². The molecule has 1 aromatic heterocycles. The first-order chi connectivity index (χ1) is 13.2. The van der Waals surface area contributed by atoms with Crippen molar-refractivity contribution in [2.45, 2.75) is 32.7 Å². The number of piperidine rings is 1. The topological polar surface area (TPSA) is 65.7 Å². The number of nitrogens with zero attached hydrogens (tertiary/aromatic N) is 3. The summed E-state index contributed by atoms with van der Waals surface area (Å²) in [7, 11) is 1.79. The summed E-state index contributed by atoms with van der Waals surface area (Å²) in [5, 5.41) is 6.68. The summed E-state index contributed by atoms with van der Waals surface area (Å²) in [5.74, 6) is 2.33. The zero-order valence-corrected chi connectivity index (χ0v) is 19.2. The van der Waals surface area contributed by atoms with Crippen molar-refractivity contribution >= 4 is 29.9 Å². The Kier molecular flexibility index (Phi) is 9.77. The largest absolute Gasteiger partial charge is 0.444 e. The second kappa shape index (κ2) is 12.1. The minimum Gasteiger partial charge on any atom is -0.444 e. The number of hydrogen-bond acceptors (Lipinski definition) is 4. The van der Waals surface area contributed by atoms with Crippen LogP contribution in [0, 0.1) is 5.92 Å². The van der Waals surface area contributed by atoms with Crippen LogP contribution in [-0.4, -0.2) is 49.1 Å². The van der Waals surface area contributed by atoms with Crippen molar-refractivity contribution in [1.29, 1.82) is 0 Å². The van der Waals surface area contributed by atoms with Crippen LogP contribution < -0.4 is 10.6 Å². The SMILES string of the molecule is CN=C(NCCCN1CCC(C)CC1)NCc1coc(-c2ccccc2)n1.I. The molecule has 3 rings (SSSR count). The lowest BCUT2D eigenvalue weighted by molar-refractivity contribution is 0.191. The molecule has 0 radical (unpaired) electrons. The molecule has 1 aliphatic rings. The third-order valence-corrected chi connectivity index (χ3v) is 5.05. The highest BCUT2D eigenvalue weighted by atomic mass is 127. The summed E-state index contributed by atoms with van der Waals surface area (Å²) in [4.78, 5) is 11.4. The molecule has 7 heteroatoms. The zero-order valence-electron chi connectivity index (χ0n) is 16.9. The fraction of sp³-hybridized carbons (Fsp3) is 0.524. The fourth-order valence-electron chi connectivity index (χ4n) is 3.29. The Morgan fingerprint density at radius 1 is 1.21 bits per heavy atom. The van der Waals surface area contributed by atoms with Crippen LogP contribution in [0.5, 0.6) is 0 Å². The van der Waals surface area contributed by atoms with Gasteiger partial charge in [-0.1, -0.05) is 25.1 Å². The van der Waals surface area contributed by atoms with Gasteiger partial charge in [0.1, 0.15) is 6.26 Å². The van der Waals surface area contributed by atoms with Crippen molar-refractivity contribution < 1.29 is 4.42 Å². The summed E-state index contributed by atoms with van der Waals surface area (Å²) in [6.45, 7) is 7.49. The van der Waals surface area contributed by atoms with E-state index in [0.717, 1.165) is 42.6 Å². The normalized spacial score (nSPS) is 15.9. The van der Waals surface area contributed by atoms with Crippen molar-refractivity contribution in [3.8, 4) is 11.5 Å². The smallest absolute Gasteiger partial charge is 0.226 e. The Morgan fingerprint density at radius 2 is 1.96 bits per heavy atom. The van der Waals surface area contributed by atoms with Gasteiger partial charge in [-0.15, -0.1) is 24.0 Å². The van der Waals surface area contributed by atoms with E-state index in [4.69, 9.17) is 4.42 Å². The molecule has 2 heterocycles. The summed E-state index contributed by atoms with van der Waals surface area (Å²) < 4.78 is 5.57. The lowest BCUT2D eigenvalue weighted by Gasteiger charge is -2.30. The van der Waals surface area contributed by atoms with Crippen LogP contribution in [0.3, 0.4) is 0 Å². The van der Waals surface area contributed by atoms with Gasteiger partial charge in [-0.25, -0.2) is 4.98 Å². The van der Waals surface area contributed by atoms with Crippen LogP contribution in [0.4, 0.5) is 0 Å². The van der Waals surface area contributed by atoms with E-state index in [2.05, 4.69) is 32.4 Å². The van der Waals surface area contributed by atoms with E-state index < -0.39 is 0 Å². The highest BCUT2D eigenvalue weighted by Gasteiger charge is 2.14. The van der Waals surface area contributed by atoms with Crippen LogP contribution in [-0.2, 0) is 6.54 Å². The van der Waals surface area contributed by atoms with E-state index in [1.807, 2.05) is 30.3 Å². The molecule has 2 N–H and O–H groups in total. The molecule has 1 aromatic carbocycles. The van der Waals surface area contributed by atoms with Gasteiger partial charge in [0.2, 0.25) is 5.89 Å². The maximum absolute atomic E-state index is 5.57. The van der Waals surface area contributed by atoms with Gasteiger partial charge in [-0.05, 0) is 56.9 Å². The summed E-state index contributed by atoms with van der Waals surface area (Å²) >= 11 is 0. The van der Waals surface area contributed by atoms with Crippen molar-refractivity contribution in [1.82, 2.24) is 20.5 Å². The van der Waals surface area contributed by atoms with Gasteiger partial charge < -0.3 is 20.0 Å². The molecule has 1 fully saturated rings. The highest BCUT2D eigenvalue weighted by molar-refractivity contribution is 14.0. The number of nitrogens with one attached hydrogen (secondary N) is 2. The van der Waals surface area contributed by atoms with E-state index in [0.29, 0.717) is 12.4 Å². The third-order valence-electron chi connectivity index (χ3n) is 5.05. The van der Waals surface area contributed by atoms with Crippen molar-refractivity contribution in [3.05, 3.63) is 42.3 Å². The minimum atomic E-state index is 0. The molecule has 2 aromatic rings. The molecule has 0 amide bonds. The van der Waals surface area contributed by atoms with E-state index in [1.54, 1.807) is 13.3 Å². The Bertz CT molecular complexity index is 711. The number of benzene rings is 1. The van der Waals surface area contributed by atoms with Crippen LogP contribution in [0.25, 0.3) is 11.5 Å². The summed E-state index contributed by atoms with van der Waals surface area (Å²) in [6, 6.07) is 9.93. The summed E-state index contributed by atoms with van der Waals surface area (Å²) in [6.07, 6.45) is 5.48. The number of aromatic nitrogens is 1. The molecule has 0 aliphatic carbocycles. The molecular formula is C21H32IN5O. The van der Waals surface area contributed by atoms with Crippen molar-refractivity contribution in [3.63, 3.8) is 0 Å². The van der Waals surface area contributed by atoms with Gasteiger partial charge in [0, 0.05) is 19.2 Å². The number of rotatable bonds is 7. The molecule has 1 saturated heterocycles. The first-order valence-electron chi connectivity index (χ1n) is 9.91. The Labute approximate surface area is 185 Å². The van der Waals surface area contributed by atoms with Crippen molar-refractivity contribution in [2.75, 3.05) is 33.2 Å². The Hall–Kier alpha value is -1.61. The van der Waals surface area contributed by atoms with E-state index in [9.17, 15) is 0 Å². The second-order valence-electron chi connectivity index (χ2n) is 7.24. The molecular weight excluding hydrogens is 465 g/mol. The molecule has 28 heavy (non-hydrogen) atoms. The van der Waals surface area contributed by atoms with Crippen LogP contribution in [0.15, 0.2) is 46.0 Å². The van der Waals surface area contributed by atoms with Gasteiger partial charge in [-0.2, -0.15) is 0 Å². The van der Waals surface area contributed by atoms with Gasteiger partial charge in [-0.3, -0.25) is 4.99 Å². The average molecular weight is 497 g/mol. The van der Waals surface area contributed by atoms with E-state index in [1.165, 1.54) is 25.9 Å². The lowest BCUT2D eigenvalue weighted by atomic mass is 9.99. The third kappa shape index (κ3) is 7.09. The second-order valence-corrected chi connectivity index (χ2v) is 7.24. The number of hydrogen-bond donors (Lipinski definition) is 2. The lowest BCUT2D eigenvalue weighted by Crippen LogP contribution is -2.39. The highest BCUT2D eigenvalue weighted by Crippen LogP contribution is 2.18. The summed E-state index contributed by atoms with van der Waals surface area (Å²) in [5.41, 5.74) is 1.85. The molecule has 6 nitrogen and oxygen atoms in total. The Morgan fingerprint density at radius 3 is 2.68 bits per heavy atom. The molecule has 0 unspecified atom stereocenters.